The maximum absolute atomic E-state index is 5.69. The van der Waals surface area contributed by atoms with Crippen LogP contribution in [0.3, 0.4) is 0 Å². The van der Waals surface area contributed by atoms with Gasteiger partial charge in [-0.05, 0) is 13.3 Å². The van der Waals surface area contributed by atoms with Crippen LogP contribution in [0, 0.1) is 0 Å². The maximum Gasteiger partial charge on any atom is 0.162 e. The molecule has 0 radical (unpaired) electrons. The van der Waals surface area contributed by atoms with Crippen molar-refractivity contribution < 1.29 is 9.26 Å². The Labute approximate surface area is 103 Å². The van der Waals surface area contributed by atoms with Crippen LogP contribution in [0.4, 0.5) is 0 Å². The van der Waals surface area contributed by atoms with E-state index >= 15 is 0 Å². The predicted octanol–water partition coefficient (Wildman–Crippen LogP) is 3.01. The number of hydrogen-bond acceptors (Lipinski definition) is 4. The lowest BCUT2D eigenvalue weighted by Crippen LogP contribution is -2.07. The summed E-state index contributed by atoms with van der Waals surface area (Å²) in [6.07, 6.45) is 6.50. The minimum atomic E-state index is 0.276. The summed E-state index contributed by atoms with van der Waals surface area (Å²) in [5, 5.41) is 3.82. The summed E-state index contributed by atoms with van der Waals surface area (Å²) in [7, 11) is 0. The molecule has 1 heterocycles. The molecule has 4 nitrogen and oxygen atoms in total. The Bertz CT molecular complexity index is 299. The molecule has 0 saturated heterocycles. The van der Waals surface area contributed by atoms with Crippen molar-refractivity contribution in [2.24, 2.45) is 5.73 Å². The molecule has 1 unspecified atom stereocenters. The van der Waals surface area contributed by atoms with Crippen molar-refractivity contribution in [2.45, 2.75) is 65.2 Å². The van der Waals surface area contributed by atoms with Gasteiger partial charge in [0.2, 0.25) is 0 Å². The van der Waals surface area contributed by atoms with Gasteiger partial charge in [0.05, 0.1) is 11.8 Å². The van der Waals surface area contributed by atoms with Gasteiger partial charge in [-0.2, -0.15) is 0 Å². The van der Waals surface area contributed by atoms with Gasteiger partial charge in [0.25, 0.3) is 0 Å². The summed E-state index contributed by atoms with van der Waals surface area (Å²) in [6, 6.07) is 1.85. The Kier molecular flexibility index (Phi) is 6.89. The summed E-state index contributed by atoms with van der Waals surface area (Å²) in [5.41, 5.74) is 6.23. The monoisotopic (exact) mass is 240 g/mol. The second-order valence-corrected chi connectivity index (χ2v) is 4.46. The molecular weight excluding hydrogens is 216 g/mol. The summed E-state index contributed by atoms with van der Waals surface area (Å²) in [4.78, 5) is 0. The number of nitrogens with zero attached hydrogens (tertiary/aromatic N) is 1. The highest BCUT2D eigenvalue weighted by Crippen LogP contribution is 2.11. The lowest BCUT2D eigenvalue weighted by molar-refractivity contribution is 0.0333. The fraction of sp³-hybridized carbons (Fsp3) is 0.769. The molecule has 98 valence electrons. The van der Waals surface area contributed by atoms with Gasteiger partial charge < -0.3 is 15.0 Å². The standard InChI is InChI=1S/C13H24N2O2/c1-3-4-5-6-7-11(2)16-10-13-8-12(9-14)15-17-13/h8,11H,3-7,9-10,14H2,1-2H3. The SMILES string of the molecule is CCCCCCC(C)OCc1cc(CN)no1. The summed E-state index contributed by atoms with van der Waals surface area (Å²) >= 11 is 0. The van der Waals surface area contributed by atoms with E-state index in [0.717, 1.165) is 17.9 Å². The quantitative estimate of drug-likeness (QED) is 0.674. The smallest absolute Gasteiger partial charge is 0.162 e. The van der Waals surface area contributed by atoms with Gasteiger partial charge >= 0.3 is 0 Å². The topological polar surface area (TPSA) is 61.3 Å². The van der Waals surface area contributed by atoms with Crippen LogP contribution in [0.25, 0.3) is 0 Å². The molecule has 0 fully saturated rings. The van der Waals surface area contributed by atoms with E-state index in [1.807, 2.05) is 6.07 Å². The largest absolute Gasteiger partial charge is 0.370 e. The van der Waals surface area contributed by atoms with E-state index in [-0.39, 0.29) is 6.10 Å². The van der Waals surface area contributed by atoms with Gasteiger partial charge in [-0.1, -0.05) is 37.8 Å². The number of nitrogens with two attached hydrogens (primary N) is 1. The summed E-state index contributed by atoms with van der Waals surface area (Å²) < 4.78 is 10.8. The van der Waals surface area contributed by atoms with Crippen LogP contribution in [-0.2, 0) is 17.9 Å². The normalized spacial score (nSPS) is 12.9. The highest BCUT2D eigenvalue weighted by Gasteiger charge is 2.06. The van der Waals surface area contributed by atoms with Gasteiger partial charge in [0, 0.05) is 12.6 Å². The number of ether oxygens (including phenoxy) is 1. The molecule has 0 bridgehead atoms. The van der Waals surface area contributed by atoms with Crippen LogP contribution in [0.15, 0.2) is 10.6 Å². The third-order valence-corrected chi connectivity index (χ3v) is 2.79. The number of rotatable bonds is 9. The van der Waals surface area contributed by atoms with E-state index in [1.165, 1.54) is 25.7 Å². The summed E-state index contributed by atoms with van der Waals surface area (Å²) in [6.45, 7) is 5.23. The molecule has 1 atom stereocenters. The molecule has 0 amide bonds. The van der Waals surface area contributed by atoms with Crippen molar-refractivity contribution in [3.05, 3.63) is 17.5 Å². The number of hydrogen-bond donors (Lipinski definition) is 1. The zero-order valence-corrected chi connectivity index (χ0v) is 10.9. The summed E-state index contributed by atoms with van der Waals surface area (Å²) in [5.74, 6) is 0.755. The molecule has 0 aliphatic heterocycles. The van der Waals surface area contributed by atoms with Crippen LogP contribution >= 0.6 is 0 Å². The van der Waals surface area contributed by atoms with Gasteiger partial charge in [-0.25, -0.2) is 0 Å². The Morgan fingerprint density at radius 3 is 2.88 bits per heavy atom. The van der Waals surface area contributed by atoms with Crippen LogP contribution in [-0.4, -0.2) is 11.3 Å². The van der Waals surface area contributed by atoms with Crippen molar-refractivity contribution in [2.75, 3.05) is 0 Å². The van der Waals surface area contributed by atoms with Gasteiger partial charge in [-0.3, -0.25) is 0 Å². The van der Waals surface area contributed by atoms with E-state index in [4.69, 9.17) is 15.0 Å². The van der Waals surface area contributed by atoms with Crippen LogP contribution in [0.5, 0.6) is 0 Å². The molecule has 4 heteroatoms. The van der Waals surface area contributed by atoms with E-state index in [9.17, 15) is 0 Å². The fourth-order valence-electron chi connectivity index (χ4n) is 1.69. The molecule has 0 aliphatic carbocycles. The van der Waals surface area contributed by atoms with Crippen LogP contribution < -0.4 is 5.73 Å². The Morgan fingerprint density at radius 2 is 2.24 bits per heavy atom. The molecule has 0 spiro atoms. The molecule has 1 aromatic rings. The molecule has 0 saturated carbocycles. The molecular formula is C13H24N2O2. The first-order valence-corrected chi connectivity index (χ1v) is 6.52. The Morgan fingerprint density at radius 1 is 1.41 bits per heavy atom. The van der Waals surface area contributed by atoms with Crippen molar-refractivity contribution in [3.63, 3.8) is 0 Å². The third-order valence-electron chi connectivity index (χ3n) is 2.79. The maximum atomic E-state index is 5.69. The molecule has 0 aromatic carbocycles. The zero-order chi connectivity index (χ0) is 12.5. The van der Waals surface area contributed by atoms with Crippen molar-refractivity contribution in [1.82, 2.24) is 5.16 Å². The second kappa shape index (κ2) is 8.25. The molecule has 1 aromatic heterocycles. The first-order chi connectivity index (χ1) is 8.26. The lowest BCUT2D eigenvalue weighted by atomic mass is 10.1. The number of unbranched alkanes of at least 4 members (excludes halogenated alkanes) is 3. The lowest BCUT2D eigenvalue weighted by Gasteiger charge is -2.11. The van der Waals surface area contributed by atoms with E-state index < -0.39 is 0 Å². The highest BCUT2D eigenvalue weighted by molar-refractivity contribution is 5.03. The van der Waals surface area contributed by atoms with Crippen molar-refractivity contribution in [1.29, 1.82) is 0 Å². The van der Waals surface area contributed by atoms with Crippen LogP contribution in [0.1, 0.15) is 57.4 Å². The van der Waals surface area contributed by atoms with Crippen LogP contribution in [0.2, 0.25) is 0 Å². The third kappa shape index (κ3) is 5.84. The van der Waals surface area contributed by atoms with Gasteiger partial charge in [0.1, 0.15) is 6.61 Å². The van der Waals surface area contributed by atoms with Gasteiger partial charge in [-0.15, -0.1) is 0 Å². The minimum Gasteiger partial charge on any atom is -0.370 e. The van der Waals surface area contributed by atoms with E-state index in [2.05, 4.69) is 19.0 Å². The van der Waals surface area contributed by atoms with Crippen molar-refractivity contribution >= 4 is 0 Å². The molecule has 0 aliphatic rings. The first-order valence-electron chi connectivity index (χ1n) is 6.52. The molecule has 1 rings (SSSR count). The first kappa shape index (κ1) is 14.2. The highest BCUT2D eigenvalue weighted by atomic mass is 16.5. The Hall–Kier alpha value is -0.870. The van der Waals surface area contributed by atoms with E-state index in [1.54, 1.807) is 0 Å². The van der Waals surface area contributed by atoms with Gasteiger partial charge in [0.15, 0.2) is 5.76 Å². The predicted molar refractivity (Wildman–Crippen MR) is 67.4 cm³/mol. The fourth-order valence-corrected chi connectivity index (χ4v) is 1.69. The molecule has 2 N–H and O–H groups in total. The van der Waals surface area contributed by atoms with Crippen molar-refractivity contribution in [3.8, 4) is 0 Å². The second-order valence-electron chi connectivity index (χ2n) is 4.46. The Balaban J connectivity index is 2.12. The average Bonchev–Trinajstić information content (AvgIpc) is 2.80. The zero-order valence-electron chi connectivity index (χ0n) is 10.9. The average molecular weight is 240 g/mol. The minimum absolute atomic E-state index is 0.276. The molecule has 17 heavy (non-hydrogen) atoms. The number of aromatic nitrogens is 1. The van der Waals surface area contributed by atoms with E-state index in [0.29, 0.717) is 13.2 Å².